The van der Waals surface area contributed by atoms with E-state index in [0.29, 0.717) is 11.4 Å². The molecule has 110 valence electrons. The van der Waals surface area contributed by atoms with E-state index in [1.807, 2.05) is 6.92 Å². The van der Waals surface area contributed by atoms with Gasteiger partial charge in [-0.3, -0.25) is 4.79 Å². The molecule has 2 aromatic rings. The van der Waals surface area contributed by atoms with Gasteiger partial charge in [-0.25, -0.2) is 4.39 Å². The van der Waals surface area contributed by atoms with Gasteiger partial charge in [-0.2, -0.15) is 0 Å². The van der Waals surface area contributed by atoms with E-state index in [1.54, 1.807) is 43.3 Å². The van der Waals surface area contributed by atoms with Crippen molar-refractivity contribution >= 4 is 17.3 Å². The Bertz CT molecular complexity index is 658. The minimum atomic E-state index is -0.846. The molecule has 5 heteroatoms. The molecule has 0 saturated heterocycles. The molecule has 0 aromatic heterocycles. The molecule has 1 atom stereocenters. The molecule has 21 heavy (non-hydrogen) atoms. The molecule has 0 aliphatic carbocycles. The summed E-state index contributed by atoms with van der Waals surface area (Å²) < 4.78 is 19.0. The van der Waals surface area contributed by atoms with Crippen LogP contribution in [0.2, 0.25) is 0 Å². The van der Waals surface area contributed by atoms with Crippen molar-refractivity contribution in [1.82, 2.24) is 0 Å². The molecule has 0 fully saturated rings. The molecule has 1 unspecified atom stereocenters. The molecule has 0 heterocycles. The van der Waals surface area contributed by atoms with E-state index in [1.165, 1.54) is 6.07 Å². The van der Waals surface area contributed by atoms with Crippen LogP contribution < -0.4 is 15.8 Å². The molecular weight excluding hydrogens is 271 g/mol. The van der Waals surface area contributed by atoms with Gasteiger partial charge in [-0.1, -0.05) is 18.2 Å². The summed E-state index contributed by atoms with van der Waals surface area (Å²) in [6.07, 6.45) is -0.846. The summed E-state index contributed by atoms with van der Waals surface area (Å²) in [6.45, 7) is 3.37. The van der Waals surface area contributed by atoms with Gasteiger partial charge in [0.15, 0.2) is 17.7 Å². The van der Waals surface area contributed by atoms with Crippen molar-refractivity contribution in [1.29, 1.82) is 0 Å². The molecule has 0 aliphatic heterocycles. The maximum absolute atomic E-state index is 13.6. The van der Waals surface area contributed by atoms with Crippen LogP contribution in [0.15, 0.2) is 42.5 Å². The number of aryl methyl sites for hydroxylation is 1. The molecule has 3 N–H and O–H groups in total. The quantitative estimate of drug-likeness (QED) is 0.850. The highest BCUT2D eigenvalue weighted by Gasteiger charge is 2.17. The Morgan fingerprint density at radius 2 is 2.00 bits per heavy atom. The van der Waals surface area contributed by atoms with Gasteiger partial charge in [-0.05, 0) is 43.7 Å². The Labute approximate surface area is 122 Å². The molecule has 0 bridgehead atoms. The Balaban J connectivity index is 2.06. The van der Waals surface area contributed by atoms with E-state index in [0.717, 1.165) is 5.56 Å². The first-order valence-electron chi connectivity index (χ1n) is 6.55. The number of anilines is 2. The Morgan fingerprint density at radius 3 is 2.71 bits per heavy atom. The molecule has 0 spiro atoms. The third-order valence-corrected chi connectivity index (χ3v) is 2.98. The molecule has 2 aromatic carbocycles. The normalized spacial score (nSPS) is 11.8. The summed E-state index contributed by atoms with van der Waals surface area (Å²) in [5.41, 5.74) is 7.56. The lowest BCUT2D eigenvalue weighted by atomic mass is 10.2. The van der Waals surface area contributed by atoms with E-state index in [4.69, 9.17) is 10.5 Å². The van der Waals surface area contributed by atoms with Crippen molar-refractivity contribution < 1.29 is 13.9 Å². The van der Waals surface area contributed by atoms with Crippen LogP contribution in [0.5, 0.6) is 5.75 Å². The number of halogens is 1. The van der Waals surface area contributed by atoms with E-state index >= 15 is 0 Å². The number of hydrogen-bond donors (Lipinski definition) is 2. The number of hydrogen-bond acceptors (Lipinski definition) is 3. The van der Waals surface area contributed by atoms with Gasteiger partial charge in [0.2, 0.25) is 0 Å². The third kappa shape index (κ3) is 3.72. The van der Waals surface area contributed by atoms with Crippen LogP contribution in [0.1, 0.15) is 12.5 Å². The van der Waals surface area contributed by atoms with Crippen LogP contribution in [0.3, 0.4) is 0 Å². The summed E-state index contributed by atoms with van der Waals surface area (Å²) in [5, 5.41) is 2.65. The lowest BCUT2D eigenvalue weighted by Gasteiger charge is -2.16. The van der Waals surface area contributed by atoms with Crippen molar-refractivity contribution in [3.05, 3.63) is 53.8 Å². The summed E-state index contributed by atoms with van der Waals surface area (Å²) in [7, 11) is 0. The average Bonchev–Trinajstić information content (AvgIpc) is 2.45. The van der Waals surface area contributed by atoms with Gasteiger partial charge in [0.05, 0.1) is 11.4 Å². The Morgan fingerprint density at radius 1 is 1.29 bits per heavy atom. The molecule has 4 nitrogen and oxygen atoms in total. The highest BCUT2D eigenvalue weighted by atomic mass is 19.1. The maximum Gasteiger partial charge on any atom is 0.265 e. The monoisotopic (exact) mass is 288 g/mol. The molecule has 1 amide bonds. The van der Waals surface area contributed by atoms with E-state index in [2.05, 4.69) is 5.32 Å². The second-order valence-electron chi connectivity index (χ2n) is 4.77. The number of carbonyl (C=O) groups excluding carboxylic acids is 1. The highest BCUT2D eigenvalue weighted by molar-refractivity contribution is 5.96. The Kier molecular flexibility index (Phi) is 4.42. The zero-order valence-corrected chi connectivity index (χ0v) is 11.9. The molecule has 2 rings (SSSR count). The highest BCUT2D eigenvalue weighted by Crippen LogP contribution is 2.21. The summed E-state index contributed by atoms with van der Waals surface area (Å²) in [6, 6.07) is 11.4. The summed E-state index contributed by atoms with van der Waals surface area (Å²) in [4.78, 5) is 12.1. The zero-order chi connectivity index (χ0) is 15.4. The first kappa shape index (κ1) is 14.8. The fourth-order valence-corrected chi connectivity index (χ4v) is 1.79. The zero-order valence-electron chi connectivity index (χ0n) is 11.9. The first-order valence-corrected chi connectivity index (χ1v) is 6.55. The Hall–Kier alpha value is -2.56. The molecule has 0 saturated carbocycles. The number of nitrogen functional groups attached to an aromatic ring is 1. The molecule has 0 radical (unpaired) electrons. The van der Waals surface area contributed by atoms with Gasteiger partial charge in [-0.15, -0.1) is 0 Å². The number of nitrogens with two attached hydrogens (primary N) is 1. The SMILES string of the molecule is Cc1ccc(F)c(OC(C)C(=O)Nc2ccccc2N)c1. The van der Waals surface area contributed by atoms with Gasteiger partial charge in [0, 0.05) is 0 Å². The van der Waals surface area contributed by atoms with Crippen LogP contribution in [-0.2, 0) is 4.79 Å². The van der Waals surface area contributed by atoms with Crippen molar-refractivity contribution in [3.8, 4) is 5.75 Å². The fourth-order valence-electron chi connectivity index (χ4n) is 1.79. The van der Waals surface area contributed by atoms with Crippen LogP contribution >= 0.6 is 0 Å². The first-order chi connectivity index (χ1) is 9.97. The lowest BCUT2D eigenvalue weighted by Crippen LogP contribution is -2.30. The number of rotatable bonds is 4. The lowest BCUT2D eigenvalue weighted by molar-refractivity contribution is -0.122. The summed E-state index contributed by atoms with van der Waals surface area (Å²) in [5.74, 6) is -0.841. The molecular formula is C16H17FN2O2. The van der Waals surface area contributed by atoms with Crippen LogP contribution in [0.25, 0.3) is 0 Å². The second kappa shape index (κ2) is 6.26. The van der Waals surface area contributed by atoms with Crippen LogP contribution in [0.4, 0.5) is 15.8 Å². The number of nitrogens with one attached hydrogen (secondary N) is 1. The van der Waals surface area contributed by atoms with Gasteiger partial charge in [0.1, 0.15) is 0 Å². The fraction of sp³-hybridized carbons (Fsp3) is 0.188. The van der Waals surface area contributed by atoms with Crippen molar-refractivity contribution in [2.45, 2.75) is 20.0 Å². The van der Waals surface area contributed by atoms with Crippen LogP contribution in [-0.4, -0.2) is 12.0 Å². The van der Waals surface area contributed by atoms with Crippen molar-refractivity contribution in [3.63, 3.8) is 0 Å². The largest absolute Gasteiger partial charge is 0.478 e. The predicted octanol–water partition coefficient (Wildman–Crippen LogP) is 3.12. The smallest absolute Gasteiger partial charge is 0.265 e. The molecule has 0 aliphatic rings. The minimum Gasteiger partial charge on any atom is -0.478 e. The topological polar surface area (TPSA) is 64.3 Å². The number of benzene rings is 2. The van der Waals surface area contributed by atoms with Crippen molar-refractivity contribution in [2.75, 3.05) is 11.1 Å². The van der Waals surface area contributed by atoms with E-state index < -0.39 is 17.8 Å². The number of carbonyl (C=O) groups is 1. The maximum atomic E-state index is 13.6. The second-order valence-corrected chi connectivity index (χ2v) is 4.77. The van der Waals surface area contributed by atoms with E-state index in [-0.39, 0.29) is 5.75 Å². The predicted molar refractivity (Wildman–Crippen MR) is 80.7 cm³/mol. The minimum absolute atomic E-state index is 0.0543. The van der Waals surface area contributed by atoms with Gasteiger partial charge >= 0.3 is 0 Å². The van der Waals surface area contributed by atoms with Crippen molar-refractivity contribution in [2.24, 2.45) is 0 Å². The number of ether oxygens (including phenoxy) is 1. The number of amides is 1. The summed E-state index contributed by atoms with van der Waals surface area (Å²) >= 11 is 0. The van der Waals surface area contributed by atoms with Gasteiger partial charge in [0.25, 0.3) is 5.91 Å². The average molecular weight is 288 g/mol. The number of para-hydroxylation sites is 2. The third-order valence-electron chi connectivity index (χ3n) is 2.98. The van der Waals surface area contributed by atoms with Crippen LogP contribution in [0, 0.1) is 12.7 Å². The van der Waals surface area contributed by atoms with E-state index in [9.17, 15) is 9.18 Å². The standard InChI is InChI=1S/C16H17FN2O2/c1-10-7-8-12(17)15(9-10)21-11(2)16(20)19-14-6-4-3-5-13(14)18/h3-9,11H,18H2,1-2H3,(H,19,20). The van der Waals surface area contributed by atoms with Gasteiger partial charge < -0.3 is 15.8 Å².